The standard InChI is InChI=1S/C15H29N/c1-3-5-6-7-8-9-15(16)14-11-10-13(4-2)12-14/h3,13-15H,1,4-12,16H2,2H3. The fourth-order valence-corrected chi connectivity index (χ4v) is 2.95. The van der Waals surface area contributed by atoms with Crippen LogP contribution in [0.1, 0.15) is 64.7 Å². The lowest BCUT2D eigenvalue weighted by Gasteiger charge is -2.19. The summed E-state index contributed by atoms with van der Waals surface area (Å²) in [5, 5.41) is 0. The summed E-state index contributed by atoms with van der Waals surface area (Å²) in [4.78, 5) is 0. The predicted octanol–water partition coefficient (Wildman–Crippen LogP) is 4.28. The molecule has 1 fully saturated rings. The first-order valence-corrected chi connectivity index (χ1v) is 7.14. The highest BCUT2D eigenvalue weighted by Gasteiger charge is 2.27. The molecule has 0 aliphatic heterocycles. The van der Waals surface area contributed by atoms with Crippen molar-refractivity contribution in [1.82, 2.24) is 0 Å². The van der Waals surface area contributed by atoms with Gasteiger partial charge in [0.05, 0.1) is 0 Å². The fourth-order valence-electron chi connectivity index (χ4n) is 2.95. The van der Waals surface area contributed by atoms with Gasteiger partial charge in [0.1, 0.15) is 0 Å². The Bertz CT molecular complexity index is 188. The summed E-state index contributed by atoms with van der Waals surface area (Å²) in [6.45, 7) is 6.06. The normalized spacial score (nSPS) is 26.9. The van der Waals surface area contributed by atoms with Gasteiger partial charge < -0.3 is 5.73 Å². The molecule has 0 saturated heterocycles. The SMILES string of the molecule is C=CCCCCCC(N)C1CCC(CC)C1. The van der Waals surface area contributed by atoms with Gasteiger partial charge in [0, 0.05) is 6.04 Å². The highest BCUT2D eigenvalue weighted by atomic mass is 14.7. The van der Waals surface area contributed by atoms with Crippen LogP contribution in [0.2, 0.25) is 0 Å². The zero-order chi connectivity index (χ0) is 11.8. The van der Waals surface area contributed by atoms with Crippen molar-refractivity contribution in [3.63, 3.8) is 0 Å². The molecule has 0 amide bonds. The van der Waals surface area contributed by atoms with E-state index >= 15 is 0 Å². The molecular weight excluding hydrogens is 194 g/mol. The van der Waals surface area contributed by atoms with Gasteiger partial charge in [-0.05, 0) is 43.9 Å². The van der Waals surface area contributed by atoms with E-state index in [0.29, 0.717) is 6.04 Å². The Morgan fingerprint density at radius 2 is 2.12 bits per heavy atom. The van der Waals surface area contributed by atoms with E-state index in [-0.39, 0.29) is 0 Å². The van der Waals surface area contributed by atoms with Gasteiger partial charge in [-0.15, -0.1) is 6.58 Å². The minimum atomic E-state index is 0.472. The van der Waals surface area contributed by atoms with Gasteiger partial charge in [-0.3, -0.25) is 0 Å². The summed E-state index contributed by atoms with van der Waals surface area (Å²) in [6, 6.07) is 0.472. The summed E-state index contributed by atoms with van der Waals surface area (Å²) in [6.07, 6.45) is 13.9. The van der Waals surface area contributed by atoms with E-state index in [1.54, 1.807) is 0 Å². The van der Waals surface area contributed by atoms with Crippen LogP contribution in [0.5, 0.6) is 0 Å². The van der Waals surface area contributed by atoms with Crippen LogP contribution in [0.15, 0.2) is 12.7 Å². The molecule has 0 heterocycles. The Labute approximate surface area is 101 Å². The molecule has 1 saturated carbocycles. The molecule has 0 bridgehead atoms. The lowest BCUT2D eigenvalue weighted by molar-refractivity contribution is 0.379. The second kappa shape index (κ2) is 7.89. The summed E-state index contributed by atoms with van der Waals surface area (Å²) >= 11 is 0. The summed E-state index contributed by atoms with van der Waals surface area (Å²) in [5.41, 5.74) is 6.29. The Hall–Kier alpha value is -0.300. The molecule has 3 atom stereocenters. The average molecular weight is 223 g/mol. The zero-order valence-corrected chi connectivity index (χ0v) is 11.0. The molecule has 16 heavy (non-hydrogen) atoms. The lowest BCUT2D eigenvalue weighted by atomic mass is 9.92. The highest BCUT2D eigenvalue weighted by molar-refractivity contribution is 4.82. The number of hydrogen-bond donors (Lipinski definition) is 1. The summed E-state index contributed by atoms with van der Waals surface area (Å²) < 4.78 is 0. The van der Waals surface area contributed by atoms with E-state index in [9.17, 15) is 0 Å². The van der Waals surface area contributed by atoms with Crippen LogP contribution in [0, 0.1) is 11.8 Å². The molecule has 0 aromatic heterocycles. The van der Waals surface area contributed by atoms with Crippen molar-refractivity contribution in [2.45, 2.75) is 70.8 Å². The molecule has 0 spiro atoms. The smallest absolute Gasteiger partial charge is 0.00672 e. The largest absolute Gasteiger partial charge is 0.327 e. The third-order valence-electron chi connectivity index (χ3n) is 4.21. The van der Waals surface area contributed by atoms with Crippen LogP contribution < -0.4 is 5.73 Å². The third kappa shape index (κ3) is 4.69. The molecule has 1 nitrogen and oxygen atoms in total. The molecule has 3 unspecified atom stereocenters. The van der Waals surface area contributed by atoms with Crippen molar-refractivity contribution in [2.24, 2.45) is 17.6 Å². The van der Waals surface area contributed by atoms with Gasteiger partial charge in [0.2, 0.25) is 0 Å². The van der Waals surface area contributed by atoms with Gasteiger partial charge >= 0.3 is 0 Å². The molecule has 1 rings (SSSR count). The van der Waals surface area contributed by atoms with Crippen molar-refractivity contribution in [1.29, 1.82) is 0 Å². The first-order valence-electron chi connectivity index (χ1n) is 7.14. The maximum Gasteiger partial charge on any atom is 0.00672 e. The molecule has 94 valence electrons. The van der Waals surface area contributed by atoms with Gasteiger partial charge in [0.15, 0.2) is 0 Å². The van der Waals surface area contributed by atoms with Gasteiger partial charge in [0.25, 0.3) is 0 Å². The molecule has 1 aliphatic carbocycles. The number of unbranched alkanes of at least 4 members (excludes halogenated alkanes) is 3. The Kier molecular flexibility index (Phi) is 6.79. The van der Waals surface area contributed by atoms with Crippen LogP contribution in [-0.4, -0.2) is 6.04 Å². The van der Waals surface area contributed by atoms with Crippen LogP contribution >= 0.6 is 0 Å². The maximum absolute atomic E-state index is 6.29. The zero-order valence-electron chi connectivity index (χ0n) is 11.0. The number of rotatable bonds is 8. The molecule has 2 N–H and O–H groups in total. The third-order valence-corrected chi connectivity index (χ3v) is 4.21. The summed E-state index contributed by atoms with van der Waals surface area (Å²) in [7, 11) is 0. The number of hydrogen-bond acceptors (Lipinski definition) is 1. The van der Waals surface area contributed by atoms with E-state index < -0.39 is 0 Å². The molecule has 0 aromatic carbocycles. The van der Waals surface area contributed by atoms with Crippen molar-refractivity contribution in [3.8, 4) is 0 Å². The van der Waals surface area contributed by atoms with Crippen LogP contribution in [0.25, 0.3) is 0 Å². The molecule has 0 aromatic rings. The molecular formula is C15H29N. The van der Waals surface area contributed by atoms with Crippen molar-refractivity contribution >= 4 is 0 Å². The highest BCUT2D eigenvalue weighted by Crippen LogP contribution is 2.35. The van der Waals surface area contributed by atoms with E-state index in [0.717, 1.165) is 18.3 Å². The van der Waals surface area contributed by atoms with Gasteiger partial charge in [-0.2, -0.15) is 0 Å². The molecule has 1 aliphatic rings. The van der Waals surface area contributed by atoms with E-state index in [4.69, 9.17) is 5.73 Å². The molecule has 1 heteroatoms. The average Bonchev–Trinajstić information content (AvgIpc) is 2.77. The fraction of sp³-hybridized carbons (Fsp3) is 0.867. The van der Waals surface area contributed by atoms with Crippen molar-refractivity contribution in [3.05, 3.63) is 12.7 Å². The number of allylic oxidation sites excluding steroid dienone is 1. The molecule has 0 radical (unpaired) electrons. The van der Waals surface area contributed by atoms with Crippen LogP contribution in [0.3, 0.4) is 0 Å². The van der Waals surface area contributed by atoms with Crippen LogP contribution in [0.4, 0.5) is 0 Å². The predicted molar refractivity (Wildman–Crippen MR) is 72.4 cm³/mol. The Balaban J connectivity index is 2.06. The second-order valence-corrected chi connectivity index (χ2v) is 5.44. The number of nitrogens with two attached hydrogens (primary N) is 1. The topological polar surface area (TPSA) is 26.0 Å². The lowest BCUT2D eigenvalue weighted by Crippen LogP contribution is -2.28. The first kappa shape index (κ1) is 13.8. The van der Waals surface area contributed by atoms with Gasteiger partial charge in [-0.25, -0.2) is 0 Å². The first-order chi connectivity index (χ1) is 7.77. The minimum absolute atomic E-state index is 0.472. The Morgan fingerprint density at radius 3 is 2.75 bits per heavy atom. The van der Waals surface area contributed by atoms with Crippen molar-refractivity contribution < 1.29 is 0 Å². The minimum Gasteiger partial charge on any atom is -0.327 e. The van der Waals surface area contributed by atoms with Crippen molar-refractivity contribution in [2.75, 3.05) is 0 Å². The van der Waals surface area contributed by atoms with Crippen LogP contribution in [-0.2, 0) is 0 Å². The monoisotopic (exact) mass is 223 g/mol. The van der Waals surface area contributed by atoms with E-state index in [1.807, 2.05) is 6.08 Å². The van der Waals surface area contributed by atoms with E-state index in [1.165, 1.54) is 51.4 Å². The van der Waals surface area contributed by atoms with Gasteiger partial charge in [-0.1, -0.05) is 38.7 Å². The quantitative estimate of drug-likeness (QED) is 0.482. The summed E-state index contributed by atoms with van der Waals surface area (Å²) in [5.74, 6) is 1.79. The Morgan fingerprint density at radius 1 is 1.31 bits per heavy atom. The maximum atomic E-state index is 6.29. The second-order valence-electron chi connectivity index (χ2n) is 5.44. The van der Waals surface area contributed by atoms with E-state index in [2.05, 4.69) is 13.5 Å².